The molecular formula is C21H28N6O7S. The number of aliphatic carboxylic acids is 1. The standard InChI is InChI=1S/C21H28N6O7S/c22-14(5-11-1-3-13(29)4-2-11)18(30)25-15(6-12-7-23-10-24-12)19(31)26-16(8-28)20(32)27-17(9-35)21(33)34/h1-4,7,10,14-17,28-29,35H,5-6,8-9,22H2,(H,23,24)(H,25,30)(H,26,31)(H,27,32)(H,33,34). The van der Waals surface area contributed by atoms with Crippen LogP contribution in [-0.4, -0.2) is 85.5 Å². The fourth-order valence-corrected chi connectivity index (χ4v) is 3.25. The van der Waals surface area contributed by atoms with Crippen molar-refractivity contribution in [3.63, 3.8) is 0 Å². The smallest absolute Gasteiger partial charge is 0.327 e. The SMILES string of the molecule is NC(Cc1ccc(O)cc1)C(=O)NC(Cc1cnc[nH]1)C(=O)NC(CO)C(=O)NC(CS)C(=O)O. The number of rotatable bonds is 13. The molecule has 0 spiro atoms. The first-order valence-corrected chi connectivity index (χ1v) is 11.1. The number of hydrogen-bond donors (Lipinski definition) is 9. The van der Waals surface area contributed by atoms with E-state index in [0.717, 1.165) is 0 Å². The Labute approximate surface area is 205 Å². The zero-order chi connectivity index (χ0) is 26.0. The monoisotopic (exact) mass is 508 g/mol. The van der Waals surface area contributed by atoms with Crippen LogP contribution in [0.25, 0.3) is 0 Å². The summed E-state index contributed by atoms with van der Waals surface area (Å²) in [4.78, 5) is 55.8. The van der Waals surface area contributed by atoms with E-state index in [1.807, 2.05) is 0 Å². The Balaban J connectivity index is 2.09. The van der Waals surface area contributed by atoms with Crippen molar-refractivity contribution in [2.75, 3.05) is 12.4 Å². The molecule has 14 heteroatoms. The van der Waals surface area contributed by atoms with Gasteiger partial charge in [-0.1, -0.05) is 12.1 Å². The first-order valence-electron chi connectivity index (χ1n) is 10.5. The van der Waals surface area contributed by atoms with Crippen LogP contribution in [0.4, 0.5) is 0 Å². The number of aromatic nitrogens is 2. The lowest BCUT2D eigenvalue weighted by atomic mass is 10.0. The van der Waals surface area contributed by atoms with Gasteiger partial charge in [0.1, 0.15) is 23.9 Å². The summed E-state index contributed by atoms with van der Waals surface area (Å²) >= 11 is 3.85. The van der Waals surface area contributed by atoms with Crippen LogP contribution < -0.4 is 21.7 Å². The number of carboxylic acid groups (broad SMARTS) is 1. The first kappa shape index (κ1) is 27.6. The van der Waals surface area contributed by atoms with Crippen molar-refractivity contribution in [1.82, 2.24) is 25.9 Å². The molecule has 9 N–H and O–H groups in total. The van der Waals surface area contributed by atoms with Crippen LogP contribution in [0.15, 0.2) is 36.8 Å². The molecule has 0 saturated heterocycles. The second-order valence-electron chi connectivity index (χ2n) is 7.64. The molecule has 0 fully saturated rings. The third kappa shape index (κ3) is 8.59. The first-order chi connectivity index (χ1) is 16.6. The fourth-order valence-electron chi connectivity index (χ4n) is 3.01. The third-order valence-corrected chi connectivity index (χ3v) is 5.32. The molecular weight excluding hydrogens is 480 g/mol. The number of nitrogens with zero attached hydrogens (tertiary/aromatic N) is 1. The van der Waals surface area contributed by atoms with E-state index in [9.17, 15) is 29.4 Å². The van der Waals surface area contributed by atoms with Crippen LogP contribution in [0.2, 0.25) is 0 Å². The number of aliphatic hydroxyl groups excluding tert-OH is 1. The second kappa shape index (κ2) is 13.3. The van der Waals surface area contributed by atoms with E-state index in [2.05, 4.69) is 38.5 Å². The second-order valence-corrected chi connectivity index (χ2v) is 8.01. The Morgan fingerprint density at radius 2 is 1.57 bits per heavy atom. The minimum atomic E-state index is -1.48. The number of phenolic OH excluding ortho intramolecular Hbond substituents is 1. The summed E-state index contributed by atoms with van der Waals surface area (Å²) in [6, 6.07) is 1.10. The van der Waals surface area contributed by atoms with E-state index in [0.29, 0.717) is 11.3 Å². The van der Waals surface area contributed by atoms with Gasteiger partial charge in [-0.25, -0.2) is 9.78 Å². The molecule has 190 valence electrons. The zero-order valence-corrected chi connectivity index (χ0v) is 19.4. The number of thiol groups is 1. The molecule has 3 amide bonds. The number of benzene rings is 1. The number of hydrogen-bond acceptors (Lipinski definition) is 9. The highest BCUT2D eigenvalue weighted by Gasteiger charge is 2.30. The quantitative estimate of drug-likeness (QED) is 0.132. The normalized spacial score (nSPS) is 14.3. The Hall–Kier alpha value is -3.62. The van der Waals surface area contributed by atoms with Gasteiger partial charge in [0.25, 0.3) is 0 Å². The van der Waals surface area contributed by atoms with Crippen molar-refractivity contribution in [1.29, 1.82) is 0 Å². The molecule has 0 aliphatic rings. The van der Waals surface area contributed by atoms with Gasteiger partial charge in [0, 0.05) is 24.1 Å². The average Bonchev–Trinajstić information content (AvgIpc) is 3.34. The van der Waals surface area contributed by atoms with Gasteiger partial charge in [-0.15, -0.1) is 0 Å². The van der Waals surface area contributed by atoms with Gasteiger partial charge in [0.15, 0.2) is 0 Å². The molecule has 35 heavy (non-hydrogen) atoms. The average molecular weight is 509 g/mol. The number of nitrogens with one attached hydrogen (secondary N) is 4. The van der Waals surface area contributed by atoms with E-state index in [4.69, 9.17) is 10.8 Å². The molecule has 13 nitrogen and oxygen atoms in total. The minimum Gasteiger partial charge on any atom is -0.508 e. The van der Waals surface area contributed by atoms with Gasteiger partial charge >= 0.3 is 5.97 Å². The number of carboxylic acids is 1. The molecule has 1 aromatic heterocycles. The van der Waals surface area contributed by atoms with E-state index in [1.54, 1.807) is 12.1 Å². The number of carbonyl (C=O) groups excluding carboxylic acids is 3. The molecule has 0 saturated carbocycles. The summed E-state index contributed by atoms with van der Waals surface area (Å²) in [6.45, 7) is -0.818. The van der Waals surface area contributed by atoms with Crippen molar-refractivity contribution >= 4 is 36.3 Å². The number of aromatic amines is 1. The van der Waals surface area contributed by atoms with Crippen LogP contribution >= 0.6 is 12.6 Å². The largest absolute Gasteiger partial charge is 0.508 e. The maximum absolute atomic E-state index is 12.9. The Morgan fingerprint density at radius 1 is 0.971 bits per heavy atom. The number of H-pyrrole nitrogens is 1. The van der Waals surface area contributed by atoms with Crippen molar-refractivity contribution in [3.8, 4) is 5.75 Å². The summed E-state index contributed by atoms with van der Waals surface area (Å²) in [6.07, 6.45) is 2.93. The summed E-state index contributed by atoms with van der Waals surface area (Å²) in [5.41, 5.74) is 7.18. The van der Waals surface area contributed by atoms with Crippen LogP contribution in [0.1, 0.15) is 11.3 Å². The number of amides is 3. The maximum atomic E-state index is 12.9. The number of carbonyl (C=O) groups is 4. The molecule has 0 radical (unpaired) electrons. The van der Waals surface area contributed by atoms with E-state index >= 15 is 0 Å². The summed E-state index contributed by atoms with van der Waals surface area (Å²) in [5, 5.41) is 35.0. The number of aromatic hydroxyl groups is 1. The van der Waals surface area contributed by atoms with Gasteiger partial charge in [0.05, 0.1) is 19.0 Å². The molecule has 4 unspecified atom stereocenters. The van der Waals surface area contributed by atoms with E-state index < -0.39 is 54.5 Å². The van der Waals surface area contributed by atoms with Crippen LogP contribution in [0.3, 0.4) is 0 Å². The number of phenols is 1. The van der Waals surface area contributed by atoms with E-state index in [1.165, 1.54) is 24.7 Å². The fraction of sp³-hybridized carbons (Fsp3) is 0.381. The van der Waals surface area contributed by atoms with Crippen molar-refractivity contribution < 1.29 is 34.5 Å². The Kier molecular flexibility index (Phi) is 10.5. The lowest BCUT2D eigenvalue weighted by Crippen LogP contribution is -2.58. The van der Waals surface area contributed by atoms with Crippen molar-refractivity contribution in [2.45, 2.75) is 37.0 Å². The molecule has 0 bridgehead atoms. The Bertz CT molecular complexity index is 1000. The van der Waals surface area contributed by atoms with Gasteiger partial charge in [-0.2, -0.15) is 12.6 Å². The topological polar surface area (TPSA) is 220 Å². The maximum Gasteiger partial charge on any atom is 0.327 e. The van der Waals surface area contributed by atoms with Gasteiger partial charge in [-0.05, 0) is 24.1 Å². The van der Waals surface area contributed by atoms with Crippen LogP contribution in [0, 0.1) is 0 Å². The van der Waals surface area contributed by atoms with Gasteiger partial charge < -0.3 is 42.0 Å². The highest BCUT2D eigenvalue weighted by molar-refractivity contribution is 7.80. The van der Waals surface area contributed by atoms with Gasteiger partial charge in [-0.3, -0.25) is 14.4 Å². The highest BCUT2D eigenvalue weighted by atomic mass is 32.1. The minimum absolute atomic E-state index is 0.0301. The number of aliphatic hydroxyl groups is 1. The molecule has 2 aromatic rings. The van der Waals surface area contributed by atoms with Crippen molar-refractivity contribution in [3.05, 3.63) is 48.0 Å². The zero-order valence-electron chi connectivity index (χ0n) is 18.5. The van der Waals surface area contributed by atoms with Crippen LogP contribution in [-0.2, 0) is 32.0 Å². The summed E-state index contributed by atoms with van der Waals surface area (Å²) in [5.74, 6) is -3.86. The molecule has 1 heterocycles. The molecule has 0 aliphatic heterocycles. The van der Waals surface area contributed by atoms with Crippen LogP contribution in [0.5, 0.6) is 5.75 Å². The number of nitrogens with two attached hydrogens (primary N) is 1. The Morgan fingerprint density at radius 3 is 2.11 bits per heavy atom. The van der Waals surface area contributed by atoms with Crippen molar-refractivity contribution in [2.24, 2.45) is 5.73 Å². The predicted molar refractivity (Wildman–Crippen MR) is 126 cm³/mol. The summed E-state index contributed by atoms with van der Waals surface area (Å²) in [7, 11) is 0. The number of imidazole rings is 1. The highest BCUT2D eigenvalue weighted by Crippen LogP contribution is 2.11. The lowest BCUT2D eigenvalue weighted by Gasteiger charge is -2.24. The summed E-state index contributed by atoms with van der Waals surface area (Å²) < 4.78 is 0. The molecule has 0 aliphatic carbocycles. The molecule has 1 aromatic carbocycles. The third-order valence-electron chi connectivity index (χ3n) is 4.95. The molecule has 4 atom stereocenters. The molecule has 2 rings (SSSR count). The van der Waals surface area contributed by atoms with E-state index in [-0.39, 0.29) is 24.3 Å². The van der Waals surface area contributed by atoms with Gasteiger partial charge in [0.2, 0.25) is 17.7 Å². The predicted octanol–water partition coefficient (Wildman–Crippen LogP) is -2.31. The lowest BCUT2D eigenvalue weighted by molar-refractivity contribution is -0.142.